The lowest BCUT2D eigenvalue weighted by molar-refractivity contribution is -0.192. The molecule has 4 rings (SSSR count). The molecule has 0 aromatic carbocycles. The Hall–Kier alpha value is -2.54. The Kier molecular flexibility index (Phi) is 5.87. The van der Waals surface area contributed by atoms with Gasteiger partial charge in [0.05, 0.1) is 17.2 Å². The molecule has 0 saturated carbocycles. The number of rotatable bonds is 2. The number of likely N-dealkylation sites (N-methyl/N-ethyl adjacent to an activating group) is 1. The van der Waals surface area contributed by atoms with Gasteiger partial charge in [-0.25, -0.2) is 14.5 Å². The van der Waals surface area contributed by atoms with Crippen LogP contribution in [0.1, 0.15) is 29.4 Å². The van der Waals surface area contributed by atoms with Crippen LogP contribution < -0.4 is 11.1 Å². The van der Waals surface area contributed by atoms with Crippen molar-refractivity contribution in [2.75, 3.05) is 20.1 Å². The van der Waals surface area contributed by atoms with Gasteiger partial charge in [0.1, 0.15) is 5.82 Å². The largest absolute Gasteiger partial charge is 0.490 e. The maximum atomic E-state index is 12.5. The van der Waals surface area contributed by atoms with Crippen LogP contribution >= 0.6 is 11.3 Å². The standard InChI is InChI=1S/C15H19N5O2S.C2HF3O2/c1-10-16-11(8-23-10)7-20-13(22)12(21)19-6-4-15(14(19)17-20)3-5-18(2)9-15;3-2(4,5)1(6)7/h8H,3-7,9H2,1-2H3;(H,6,7). The molecule has 1 N–H and O–H groups in total. The number of aryl methyl sites for hydroxylation is 1. The lowest BCUT2D eigenvalue weighted by atomic mass is 9.85. The van der Waals surface area contributed by atoms with Crippen molar-refractivity contribution < 1.29 is 23.1 Å². The lowest BCUT2D eigenvalue weighted by Gasteiger charge is -2.22. The first-order valence-electron chi connectivity index (χ1n) is 9.05. The average molecular weight is 447 g/mol. The highest BCUT2D eigenvalue weighted by Gasteiger charge is 2.46. The Labute approximate surface area is 172 Å². The fourth-order valence-electron chi connectivity index (χ4n) is 3.78. The molecule has 9 nitrogen and oxygen atoms in total. The number of alkyl halides is 3. The van der Waals surface area contributed by atoms with Gasteiger partial charge in [0.15, 0.2) is 0 Å². The fourth-order valence-corrected chi connectivity index (χ4v) is 4.38. The van der Waals surface area contributed by atoms with Crippen molar-refractivity contribution in [2.24, 2.45) is 0 Å². The molecule has 1 atom stereocenters. The zero-order valence-corrected chi connectivity index (χ0v) is 17.1. The van der Waals surface area contributed by atoms with E-state index in [-0.39, 0.29) is 12.0 Å². The van der Waals surface area contributed by atoms with Crippen LogP contribution in [-0.2, 0) is 23.3 Å². The molecule has 2 aromatic rings. The van der Waals surface area contributed by atoms with Crippen LogP contribution in [0.25, 0.3) is 0 Å². The monoisotopic (exact) mass is 447 g/mol. The Morgan fingerprint density at radius 2 is 1.90 bits per heavy atom. The first-order chi connectivity index (χ1) is 13.9. The van der Waals surface area contributed by atoms with Crippen molar-refractivity contribution in [1.82, 2.24) is 24.2 Å². The van der Waals surface area contributed by atoms with Crippen LogP contribution in [0.15, 0.2) is 15.0 Å². The third-order valence-corrected chi connectivity index (χ3v) is 6.01. The topological polar surface area (TPSA) is 110 Å². The summed E-state index contributed by atoms with van der Waals surface area (Å²) in [4.78, 5) is 40.3. The fraction of sp³-hybridized carbons (Fsp3) is 0.588. The number of likely N-dealkylation sites (tertiary alicyclic amines) is 1. The van der Waals surface area contributed by atoms with Gasteiger partial charge in [-0.3, -0.25) is 14.2 Å². The minimum absolute atomic E-state index is 0.0820. The van der Waals surface area contributed by atoms with Gasteiger partial charge >= 0.3 is 23.3 Å². The smallest absolute Gasteiger partial charge is 0.475 e. The van der Waals surface area contributed by atoms with E-state index in [4.69, 9.17) is 9.90 Å². The van der Waals surface area contributed by atoms with Gasteiger partial charge in [-0.2, -0.15) is 18.3 Å². The molecule has 1 saturated heterocycles. The number of hydrogen-bond acceptors (Lipinski definition) is 7. The van der Waals surface area contributed by atoms with Gasteiger partial charge in [0.2, 0.25) is 0 Å². The zero-order chi connectivity index (χ0) is 22.3. The predicted octanol–water partition coefficient (Wildman–Crippen LogP) is 0.829. The molecule has 30 heavy (non-hydrogen) atoms. The molecular weight excluding hydrogens is 427 g/mol. The number of aliphatic carboxylic acids is 1. The van der Waals surface area contributed by atoms with Crippen LogP contribution in [-0.4, -0.2) is 61.6 Å². The third kappa shape index (κ3) is 4.31. The van der Waals surface area contributed by atoms with E-state index in [1.807, 2.05) is 12.3 Å². The number of thiazole rings is 1. The maximum absolute atomic E-state index is 12.5. The SMILES string of the molecule is Cc1nc(Cn2nc3n(c(=O)c2=O)CCC32CCN(C)C2)cs1.O=C(O)C(F)(F)F. The number of aromatic nitrogens is 4. The molecule has 2 aliphatic rings. The van der Waals surface area contributed by atoms with Crippen LogP contribution in [0.3, 0.4) is 0 Å². The number of hydrogen-bond donors (Lipinski definition) is 1. The molecule has 1 unspecified atom stereocenters. The number of nitrogens with zero attached hydrogens (tertiary/aromatic N) is 5. The predicted molar refractivity (Wildman–Crippen MR) is 101 cm³/mol. The van der Waals surface area contributed by atoms with Crippen LogP contribution in [0.4, 0.5) is 13.2 Å². The van der Waals surface area contributed by atoms with Crippen molar-refractivity contribution in [1.29, 1.82) is 0 Å². The van der Waals surface area contributed by atoms with Crippen molar-refractivity contribution in [3.05, 3.63) is 42.6 Å². The van der Waals surface area contributed by atoms with Gasteiger partial charge in [0.25, 0.3) is 0 Å². The summed E-state index contributed by atoms with van der Waals surface area (Å²) in [6, 6.07) is 0. The van der Waals surface area contributed by atoms with E-state index in [0.29, 0.717) is 6.54 Å². The number of carboxylic acids is 1. The Morgan fingerprint density at radius 1 is 1.27 bits per heavy atom. The maximum Gasteiger partial charge on any atom is 0.490 e. The van der Waals surface area contributed by atoms with Crippen LogP contribution in [0.2, 0.25) is 0 Å². The highest BCUT2D eigenvalue weighted by molar-refractivity contribution is 7.09. The van der Waals surface area contributed by atoms with Crippen LogP contribution in [0, 0.1) is 6.92 Å². The van der Waals surface area contributed by atoms with E-state index >= 15 is 0 Å². The molecule has 0 aliphatic carbocycles. The normalized spacial score (nSPS) is 20.8. The molecule has 164 valence electrons. The lowest BCUT2D eigenvalue weighted by Crippen LogP contribution is -2.45. The number of fused-ring (bicyclic) bond motifs is 2. The minimum atomic E-state index is -5.08. The second-order valence-corrected chi connectivity index (χ2v) is 8.48. The molecule has 1 fully saturated rings. The van der Waals surface area contributed by atoms with Crippen LogP contribution in [0.5, 0.6) is 0 Å². The second kappa shape index (κ2) is 7.95. The quantitative estimate of drug-likeness (QED) is 0.679. The molecule has 2 aromatic heterocycles. The second-order valence-electron chi connectivity index (χ2n) is 7.42. The van der Waals surface area contributed by atoms with E-state index in [1.165, 1.54) is 16.0 Å². The molecule has 0 radical (unpaired) electrons. The van der Waals surface area contributed by atoms with E-state index in [2.05, 4.69) is 22.0 Å². The van der Waals surface area contributed by atoms with Gasteiger partial charge < -0.3 is 10.0 Å². The van der Waals surface area contributed by atoms with Crippen molar-refractivity contribution >= 4 is 17.3 Å². The van der Waals surface area contributed by atoms with Crippen molar-refractivity contribution in [2.45, 2.75) is 44.4 Å². The summed E-state index contributed by atoms with van der Waals surface area (Å²) in [6.45, 7) is 4.68. The highest BCUT2D eigenvalue weighted by atomic mass is 32.1. The van der Waals surface area contributed by atoms with E-state index in [9.17, 15) is 22.8 Å². The molecule has 4 heterocycles. The molecule has 2 aliphatic heterocycles. The number of carboxylic acid groups (broad SMARTS) is 1. The Bertz CT molecular complexity index is 1080. The zero-order valence-electron chi connectivity index (χ0n) is 16.3. The van der Waals surface area contributed by atoms with Gasteiger partial charge in [-0.15, -0.1) is 11.3 Å². The van der Waals surface area contributed by atoms with E-state index in [0.717, 1.165) is 42.5 Å². The first-order valence-corrected chi connectivity index (χ1v) is 9.93. The van der Waals surface area contributed by atoms with E-state index in [1.54, 1.807) is 4.57 Å². The molecule has 13 heteroatoms. The average Bonchev–Trinajstić information content (AvgIpc) is 3.33. The Morgan fingerprint density at radius 3 is 2.40 bits per heavy atom. The van der Waals surface area contributed by atoms with Gasteiger partial charge in [-0.05, 0) is 33.4 Å². The summed E-state index contributed by atoms with van der Waals surface area (Å²) in [6.07, 6.45) is -3.21. The first kappa shape index (κ1) is 22.2. The van der Waals surface area contributed by atoms with Crippen molar-refractivity contribution in [3.63, 3.8) is 0 Å². The number of carbonyl (C=O) groups is 1. The van der Waals surface area contributed by atoms with Gasteiger partial charge in [-0.1, -0.05) is 0 Å². The van der Waals surface area contributed by atoms with E-state index < -0.39 is 23.3 Å². The van der Waals surface area contributed by atoms with Gasteiger partial charge in [0, 0.05) is 23.9 Å². The summed E-state index contributed by atoms with van der Waals surface area (Å²) in [7, 11) is 2.09. The molecular formula is C17H20F3N5O4S. The number of halogens is 3. The Balaban J connectivity index is 0.000000318. The summed E-state index contributed by atoms with van der Waals surface area (Å²) in [5.41, 5.74) is -0.306. The van der Waals surface area contributed by atoms with Crippen molar-refractivity contribution in [3.8, 4) is 0 Å². The minimum Gasteiger partial charge on any atom is -0.475 e. The molecule has 0 bridgehead atoms. The molecule has 0 amide bonds. The summed E-state index contributed by atoms with van der Waals surface area (Å²) in [5.74, 6) is -1.98. The third-order valence-electron chi connectivity index (χ3n) is 5.19. The molecule has 1 spiro atoms. The summed E-state index contributed by atoms with van der Waals surface area (Å²) < 4.78 is 34.6. The highest BCUT2D eigenvalue weighted by Crippen LogP contribution is 2.39. The summed E-state index contributed by atoms with van der Waals surface area (Å²) >= 11 is 1.53. The summed E-state index contributed by atoms with van der Waals surface area (Å²) in [5, 5.41) is 14.6.